The van der Waals surface area contributed by atoms with Gasteiger partial charge in [0.1, 0.15) is 5.60 Å². The molecular formula is C28H37N5O4. The van der Waals surface area contributed by atoms with Gasteiger partial charge in [0.25, 0.3) is 5.91 Å². The number of carbonyl (C=O) groups is 2. The molecule has 0 radical (unpaired) electrons. The first-order valence-electron chi connectivity index (χ1n) is 12.7. The fourth-order valence-corrected chi connectivity index (χ4v) is 3.94. The topological polar surface area (TPSA) is 119 Å². The number of nitrogens with one attached hydrogen (secondary N) is 3. The van der Waals surface area contributed by atoms with Crippen molar-refractivity contribution in [3.05, 3.63) is 65.7 Å². The normalized spacial score (nSPS) is 13.9. The molecule has 3 N–H and O–H groups in total. The number of amides is 2. The fraction of sp³-hybridized carbons (Fsp3) is 0.429. The summed E-state index contributed by atoms with van der Waals surface area (Å²) in [6, 6.07) is 15.0. The van der Waals surface area contributed by atoms with E-state index in [9.17, 15) is 9.59 Å². The molecule has 2 amide bonds. The minimum absolute atomic E-state index is 0.237. The lowest BCUT2D eigenvalue weighted by molar-refractivity contribution is 0.0337. The van der Waals surface area contributed by atoms with Crippen LogP contribution in [0.2, 0.25) is 0 Å². The number of rotatable bonds is 7. The van der Waals surface area contributed by atoms with Crippen molar-refractivity contribution in [1.29, 1.82) is 10.8 Å². The van der Waals surface area contributed by atoms with Gasteiger partial charge in [0.15, 0.2) is 0 Å². The summed E-state index contributed by atoms with van der Waals surface area (Å²) in [4.78, 5) is 28.7. The predicted octanol–water partition coefficient (Wildman–Crippen LogP) is 5.33. The molecule has 9 heteroatoms. The molecule has 3 rings (SSSR count). The van der Waals surface area contributed by atoms with Crippen molar-refractivity contribution in [2.24, 2.45) is 0 Å². The molecule has 2 aromatic rings. The number of amidine groups is 1. The van der Waals surface area contributed by atoms with Crippen LogP contribution in [0.15, 0.2) is 54.6 Å². The quantitative estimate of drug-likeness (QED) is 0.346. The molecule has 1 heterocycles. The summed E-state index contributed by atoms with van der Waals surface area (Å²) >= 11 is 0. The Hall–Kier alpha value is -3.72. The summed E-state index contributed by atoms with van der Waals surface area (Å²) in [6.07, 6.45) is 3.60. The second kappa shape index (κ2) is 13.0. The highest BCUT2D eigenvalue weighted by Gasteiger charge is 2.27. The summed E-state index contributed by atoms with van der Waals surface area (Å²) in [5.74, 6) is -0.519. The molecule has 1 aliphatic heterocycles. The number of nitrogens with zero attached hydrogens (tertiary/aromatic N) is 2. The fourth-order valence-electron chi connectivity index (χ4n) is 3.94. The summed E-state index contributed by atoms with van der Waals surface area (Å²) in [5, 5.41) is 19.5. The van der Waals surface area contributed by atoms with E-state index in [0.29, 0.717) is 23.2 Å². The number of hydrogen-bond donors (Lipinski definition) is 3. The van der Waals surface area contributed by atoms with Crippen molar-refractivity contribution in [2.75, 3.05) is 31.5 Å². The van der Waals surface area contributed by atoms with Crippen LogP contribution in [0.4, 0.5) is 10.5 Å². The first-order valence-corrected chi connectivity index (χ1v) is 12.7. The molecule has 0 unspecified atom stereocenters. The minimum Gasteiger partial charge on any atom is -0.443 e. The van der Waals surface area contributed by atoms with Crippen LogP contribution in [0, 0.1) is 10.8 Å². The lowest BCUT2D eigenvalue weighted by atomic mass is 10.1. The van der Waals surface area contributed by atoms with Crippen LogP contribution in [0.5, 0.6) is 0 Å². The lowest BCUT2D eigenvalue weighted by Gasteiger charge is -2.29. The van der Waals surface area contributed by atoms with Crippen LogP contribution in [0.3, 0.4) is 0 Å². The largest absolute Gasteiger partial charge is 0.443 e. The van der Waals surface area contributed by atoms with Crippen LogP contribution < -0.4 is 5.32 Å². The Kier molecular flexibility index (Phi) is 9.79. The molecule has 0 bridgehead atoms. The van der Waals surface area contributed by atoms with Gasteiger partial charge < -0.3 is 19.7 Å². The van der Waals surface area contributed by atoms with E-state index in [4.69, 9.17) is 20.3 Å². The molecule has 1 saturated heterocycles. The van der Waals surface area contributed by atoms with E-state index in [1.54, 1.807) is 69.3 Å². The Morgan fingerprint density at radius 1 is 0.946 bits per heavy atom. The number of ether oxygens (including phenoxy) is 2. The first-order chi connectivity index (χ1) is 17.6. The Morgan fingerprint density at radius 2 is 1.59 bits per heavy atom. The highest BCUT2D eigenvalue weighted by atomic mass is 16.6. The van der Waals surface area contributed by atoms with E-state index in [0.717, 1.165) is 24.5 Å². The van der Waals surface area contributed by atoms with Gasteiger partial charge in [0.05, 0.1) is 0 Å². The van der Waals surface area contributed by atoms with Gasteiger partial charge in [-0.05, 0) is 96.1 Å². The van der Waals surface area contributed by atoms with Crippen molar-refractivity contribution in [3.63, 3.8) is 0 Å². The maximum atomic E-state index is 12.8. The van der Waals surface area contributed by atoms with Crippen molar-refractivity contribution >= 4 is 29.6 Å². The Bertz CT molecular complexity index is 1070. The second-order valence-electron chi connectivity index (χ2n) is 10.0. The minimum atomic E-state index is -0.726. The van der Waals surface area contributed by atoms with Crippen LogP contribution in [-0.4, -0.2) is 65.5 Å². The summed E-state index contributed by atoms with van der Waals surface area (Å²) in [5.41, 5.74) is 0.780. The van der Waals surface area contributed by atoms with E-state index in [-0.39, 0.29) is 18.3 Å². The monoisotopic (exact) mass is 507 g/mol. The van der Waals surface area contributed by atoms with Gasteiger partial charge >= 0.3 is 12.1 Å². The van der Waals surface area contributed by atoms with Gasteiger partial charge in [-0.1, -0.05) is 24.6 Å². The zero-order valence-corrected chi connectivity index (χ0v) is 21.9. The van der Waals surface area contributed by atoms with Crippen molar-refractivity contribution in [2.45, 2.75) is 52.1 Å². The highest BCUT2D eigenvalue weighted by molar-refractivity contribution is 6.05. The number of carbonyl (C=O) groups excluding carboxylic acids is 2. The second-order valence-corrected chi connectivity index (χ2v) is 10.0. The summed E-state index contributed by atoms with van der Waals surface area (Å²) < 4.78 is 10.9. The van der Waals surface area contributed by atoms with Crippen LogP contribution in [-0.2, 0) is 9.47 Å². The average molecular weight is 508 g/mol. The molecule has 37 heavy (non-hydrogen) atoms. The molecule has 9 nitrogen and oxygen atoms in total. The SMILES string of the molecule is CC(C)(C)OC(=O)N(CCCN1CCCCC1)C(=N)OC(=N)c1ccc(NC(=O)c2ccccc2)cc1. The van der Waals surface area contributed by atoms with E-state index >= 15 is 0 Å². The number of piperidine rings is 1. The molecule has 0 atom stereocenters. The number of anilines is 1. The third-order valence-corrected chi connectivity index (χ3v) is 5.80. The van der Waals surface area contributed by atoms with E-state index in [2.05, 4.69) is 10.2 Å². The average Bonchev–Trinajstić information content (AvgIpc) is 2.87. The molecule has 0 aromatic heterocycles. The molecule has 0 saturated carbocycles. The molecule has 198 valence electrons. The number of hydrogen-bond acceptors (Lipinski definition) is 7. The van der Waals surface area contributed by atoms with Gasteiger partial charge in [-0.15, -0.1) is 0 Å². The van der Waals surface area contributed by atoms with Gasteiger partial charge in [-0.25, -0.2) is 9.69 Å². The third-order valence-electron chi connectivity index (χ3n) is 5.80. The molecule has 0 spiro atoms. The summed E-state index contributed by atoms with van der Waals surface area (Å²) in [6.45, 7) is 8.46. The number of likely N-dealkylation sites (tertiary alicyclic amines) is 1. The van der Waals surface area contributed by atoms with Gasteiger partial charge in [0, 0.05) is 23.4 Å². The van der Waals surface area contributed by atoms with Crippen LogP contribution >= 0.6 is 0 Å². The standard InChI is InChI=1S/C28H37N5O4/c1-28(2,3)37-27(35)33(20-10-19-32-17-8-5-9-18-32)26(30)36-24(29)21-13-15-23(16-14-21)31-25(34)22-11-6-4-7-12-22/h4,6-7,11-16,29-30H,5,8-10,17-20H2,1-3H3,(H,31,34). The predicted molar refractivity (Wildman–Crippen MR) is 144 cm³/mol. The maximum Gasteiger partial charge on any atom is 0.418 e. The zero-order valence-electron chi connectivity index (χ0n) is 21.9. The Balaban J connectivity index is 1.59. The number of benzene rings is 2. The van der Waals surface area contributed by atoms with Crippen LogP contribution in [0.25, 0.3) is 0 Å². The Morgan fingerprint density at radius 3 is 2.22 bits per heavy atom. The first kappa shape index (κ1) is 27.9. The highest BCUT2D eigenvalue weighted by Crippen LogP contribution is 2.15. The van der Waals surface area contributed by atoms with E-state index in [1.807, 2.05) is 6.07 Å². The van der Waals surface area contributed by atoms with Crippen molar-refractivity contribution in [1.82, 2.24) is 9.80 Å². The third kappa shape index (κ3) is 9.02. The molecular weight excluding hydrogens is 470 g/mol. The Labute approximate surface area is 218 Å². The van der Waals surface area contributed by atoms with Gasteiger partial charge in [-0.2, -0.15) is 0 Å². The summed E-state index contributed by atoms with van der Waals surface area (Å²) in [7, 11) is 0. The van der Waals surface area contributed by atoms with E-state index < -0.39 is 17.7 Å². The van der Waals surface area contributed by atoms with Crippen LogP contribution in [0.1, 0.15) is 62.4 Å². The maximum absolute atomic E-state index is 12.8. The van der Waals surface area contributed by atoms with Crippen molar-refractivity contribution in [3.8, 4) is 0 Å². The van der Waals surface area contributed by atoms with Gasteiger partial charge in [-0.3, -0.25) is 15.6 Å². The lowest BCUT2D eigenvalue weighted by Crippen LogP contribution is -2.43. The smallest absolute Gasteiger partial charge is 0.418 e. The molecule has 1 aliphatic rings. The molecule has 1 fully saturated rings. The molecule has 2 aromatic carbocycles. The zero-order chi connectivity index (χ0) is 26.8. The molecule has 0 aliphatic carbocycles. The van der Waals surface area contributed by atoms with Crippen molar-refractivity contribution < 1.29 is 19.1 Å². The van der Waals surface area contributed by atoms with E-state index in [1.165, 1.54) is 19.3 Å². The van der Waals surface area contributed by atoms with Gasteiger partial charge in [0.2, 0.25) is 5.90 Å².